The number of aliphatic imine (C=N–C) groups is 1. The zero-order valence-corrected chi connectivity index (χ0v) is 42.3. The molecule has 1 saturated heterocycles. The van der Waals surface area contributed by atoms with Gasteiger partial charge in [0.2, 0.25) is 29.5 Å². The first kappa shape index (κ1) is 55.5. The highest BCUT2D eigenvalue weighted by Gasteiger charge is 2.44. The summed E-state index contributed by atoms with van der Waals surface area (Å²) >= 11 is 1.55. The number of carboxylic acid groups (broad SMARTS) is 1. The zero-order valence-electron chi connectivity index (χ0n) is 41.4. The quantitative estimate of drug-likeness (QED) is 0.0504. The summed E-state index contributed by atoms with van der Waals surface area (Å²) in [6.07, 6.45) is 1.40. The highest BCUT2D eigenvalue weighted by molar-refractivity contribution is 7.13. The molecule has 4 unspecified atom stereocenters. The van der Waals surface area contributed by atoms with Crippen molar-refractivity contribution in [1.82, 2.24) is 41.8 Å². The predicted molar refractivity (Wildman–Crippen MR) is 268 cm³/mol. The van der Waals surface area contributed by atoms with Crippen LogP contribution in [-0.2, 0) is 55.9 Å². The Labute approximate surface area is 427 Å². The number of hydrogen-bond acceptors (Lipinski definition) is 16. The van der Waals surface area contributed by atoms with Crippen LogP contribution in [0.15, 0.2) is 70.8 Å². The Kier molecular flexibility index (Phi) is 20.0. The number of aromatic nitrogens is 1. The number of likely N-dealkylation sites (tertiary alicyclic amines) is 1. The van der Waals surface area contributed by atoms with Crippen molar-refractivity contribution >= 4 is 58.7 Å². The van der Waals surface area contributed by atoms with Crippen LogP contribution in [0, 0.1) is 18.3 Å². The number of nitrogens with one attached hydrogen (secondary N) is 6. The molecule has 6 rings (SSSR count). The van der Waals surface area contributed by atoms with E-state index >= 15 is 0 Å². The molecular weight excluding hydrogens is 965 g/mol. The number of aliphatic carboxylic acids is 1. The second-order valence-corrected chi connectivity index (χ2v) is 19.8. The van der Waals surface area contributed by atoms with Crippen LogP contribution in [0.25, 0.3) is 10.4 Å². The van der Waals surface area contributed by atoms with Crippen LogP contribution in [0.2, 0.25) is 0 Å². The first-order chi connectivity index (χ1) is 34.9. The summed E-state index contributed by atoms with van der Waals surface area (Å²) in [6, 6.07) is 11.2. The van der Waals surface area contributed by atoms with E-state index in [1.165, 1.54) is 4.90 Å². The Hall–Kier alpha value is -6.79. The van der Waals surface area contributed by atoms with Gasteiger partial charge in [0.05, 0.1) is 55.2 Å². The van der Waals surface area contributed by atoms with Gasteiger partial charge in [-0.25, -0.2) is 14.8 Å². The number of benzene rings is 2. The minimum Gasteiger partial charge on any atom is -0.480 e. The van der Waals surface area contributed by atoms with E-state index in [2.05, 4.69) is 41.9 Å². The minimum absolute atomic E-state index is 0.0509. The summed E-state index contributed by atoms with van der Waals surface area (Å²) < 4.78 is 16.5. The van der Waals surface area contributed by atoms with Gasteiger partial charge in [0.15, 0.2) is 5.96 Å². The minimum atomic E-state index is -1.30. The van der Waals surface area contributed by atoms with Crippen molar-refractivity contribution < 1.29 is 58.0 Å². The highest BCUT2D eigenvalue weighted by Crippen LogP contribution is 2.30. The zero-order chi connectivity index (χ0) is 52.7. The van der Waals surface area contributed by atoms with Gasteiger partial charge in [0, 0.05) is 38.0 Å². The number of carbonyl (C=O) groups is 7. The maximum Gasteiger partial charge on any atom is 0.326 e. The normalized spacial score (nSPS) is 19.1. The first-order valence-corrected chi connectivity index (χ1v) is 25.0. The van der Waals surface area contributed by atoms with Crippen molar-refractivity contribution in [3.8, 4) is 10.4 Å². The number of rotatable bonds is 26. The lowest BCUT2D eigenvalue weighted by molar-refractivity contribution is -0.144. The largest absolute Gasteiger partial charge is 0.480 e. The molecule has 1 aromatic heterocycles. The lowest BCUT2D eigenvalue weighted by Gasteiger charge is -2.35. The number of carbonyl (C=O) groups excluding carboxylic acids is 6. The fourth-order valence-electron chi connectivity index (χ4n) is 8.44. The van der Waals surface area contributed by atoms with E-state index in [0.717, 1.165) is 32.8 Å². The molecule has 0 radical (unpaired) electrons. The Morgan fingerprint density at radius 2 is 1.59 bits per heavy atom. The summed E-state index contributed by atoms with van der Waals surface area (Å²) in [6.45, 7) is 8.10. The number of thiazole rings is 1. The molecule has 23 heteroatoms. The molecule has 6 amide bonds. The molecule has 1 fully saturated rings. The number of carboxylic acids is 1. The van der Waals surface area contributed by atoms with Crippen LogP contribution in [0.3, 0.4) is 0 Å². The standard InChI is InChI=1S/C50H66N10O12S/c1-29-41(73-28-55-29)32-10-8-31(9-11-32)24-54-45(65)37-23-35(61)26-60(37)47(67)42(50(2,3)4)57-39(63)27-72-22-21-71-20-19-70-18-17-52-38(62)16-15-36(48(68)69)56-44(64)33-12-5-30(6-13-33)7-14-34-25-53-43-40(34)46(66)59-49(51)58-43/h5-6,8-13,25,28,35-37,40,42-43,53,61H,7,14-24,26-27H2,1-4H3,(H,52,62)(H,54,65)(H,56,64)(H,57,63)(H,68,69)(H3,51,58,59,66)/t35-,36+,37?,40?,42?,43?/m1/s1. The van der Waals surface area contributed by atoms with Gasteiger partial charge in [-0.05, 0) is 72.2 Å². The summed E-state index contributed by atoms with van der Waals surface area (Å²) in [5.41, 5.74) is 11.6. The Morgan fingerprint density at radius 3 is 2.26 bits per heavy atom. The summed E-state index contributed by atoms with van der Waals surface area (Å²) in [7, 11) is 0. The van der Waals surface area contributed by atoms with Gasteiger partial charge in [0.25, 0.3) is 5.91 Å². The molecule has 0 aliphatic carbocycles. The molecule has 2 aromatic carbocycles. The van der Waals surface area contributed by atoms with Crippen LogP contribution in [-0.4, -0.2) is 151 Å². The van der Waals surface area contributed by atoms with Crippen LogP contribution < -0.4 is 37.6 Å². The number of nitrogens with zero attached hydrogens (tertiary/aromatic N) is 3. The van der Waals surface area contributed by atoms with E-state index in [4.69, 9.17) is 19.9 Å². The molecule has 73 heavy (non-hydrogen) atoms. The topological polar surface area (TPSA) is 314 Å². The monoisotopic (exact) mass is 1030 g/mol. The Morgan fingerprint density at radius 1 is 0.904 bits per heavy atom. The van der Waals surface area contributed by atoms with Crippen LogP contribution in [0.4, 0.5) is 0 Å². The lowest BCUT2D eigenvalue weighted by atomic mass is 9.85. The molecule has 3 aromatic rings. The maximum absolute atomic E-state index is 13.9. The van der Waals surface area contributed by atoms with E-state index in [9.17, 15) is 43.8 Å². The fourth-order valence-corrected chi connectivity index (χ4v) is 9.25. The third-order valence-corrected chi connectivity index (χ3v) is 13.4. The number of guanidine groups is 1. The smallest absolute Gasteiger partial charge is 0.326 e. The van der Waals surface area contributed by atoms with Gasteiger partial charge in [-0.15, -0.1) is 11.3 Å². The van der Waals surface area contributed by atoms with E-state index in [-0.39, 0.29) is 96.0 Å². The van der Waals surface area contributed by atoms with Crippen molar-refractivity contribution in [3.63, 3.8) is 0 Å². The number of β-amino-alcohol motifs (C(OH)–C–C–N with tert-alkyl or cyclic N) is 1. The molecule has 0 spiro atoms. The van der Waals surface area contributed by atoms with Gasteiger partial charge < -0.3 is 61.6 Å². The van der Waals surface area contributed by atoms with Gasteiger partial charge in [-0.1, -0.05) is 57.2 Å². The molecule has 22 nitrogen and oxygen atoms in total. The third kappa shape index (κ3) is 16.1. The third-order valence-electron chi connectivity index (χ3n) is 12.4. The van der Waals surface area contributed by atoms with Crippen molar-refractivity contribution in [3.05, 3.63) is 88.2 Å². The molecule has 10 N–H and O–H groups in total. The molecule has 3 aliphatic heterocycles. The van der Waals surface area contributed by atoms with E-state index in [1.54, 1.807) is 68.1 Å². The van der Waals surface area contributed by atoms with Gasteiger partial charge >= 0.3 is 5.97 Å². The van der Waals surface area contributed by atoms with Crippen molar-refractivity contribution in [2.45, 2.75) is 96.7 Å². The number of fused-ring (bicyclic) bond motifs is 1. The molecule has 0 bridgehead atoms. The predicted octanol–water partition coefficient (Wildman–Crippen LogP) is 0.863. The highest BCUT2D eigenvalue weighted by atomic mass is 32.1. The Balaban J connectivity index is 0.800. The molecule has 394 valence electrons. The molecule has 6 atom stereocenters. The average Bonchev–Trinajstić information content (AvgIpc) is 4.09. The number of nitrogens with two attached hydrogens (primary N) is 1. The van der Waals surface area contributed by atoms with E-state index < -0.39 is 77.2 Å². The number of amides is 6. The maximum atomic E-state index is 13.9. The second kappa shape index (κ2) is 26.2. The SMILES string of the molecule is Cc1ncsc1-c1ccc(CNC(=O)C2C[C@@H](O)CN2C(=O)C(NC(=O)COCCOCCOCCNC(=O)CC[C@H](NC(=O)c2ccc(CCC3=CNC4N=C(N)NC(=O)C34)cc2)C(=O)O)C(C)(C)C)cc1. The van der Waals surface area contributed by atoms with Crippen molar-refractivity contribution in [2.75, 3.05) is 52.7 Å². The molecular formula is C50H66N10O12S. The van der Waals surface area contributed by atoms with Crippen molar-refractivity contribution in [2.24, 2.45) is 22.1 Å². The van der Waals surface area contributed by atoms with Crippen LogP contribution in [0.5, 0.6) is 0 Å². The molecule has 3 aliphatic rings. The molecule has 4 heterocycles. The fraction of sp³-hybridized carbons (Fsp3) is 0.500. The van der Waals surface area contributed by atoms with Crippen LogP contribution in [0.1, 0.15) is 73.6 Å². The number of hydrogen-bond donors (Lipinski definition) is 9. The average molecular weight is 1030 g/mol. The second-order valence-electron chi connectivity index (χ2n) is 19.0. The van der Waals surface area contributed by atoms with Gasteiger partial charge in [-0.3, -0.25) is 34.1 Å². The summed E-state index contributed by atoms with van der Waals surface area (Å²) in [5.74, 6) is -4.30. The number of ether oxygens (including phenoxy) is 3. The van der Waals surface area contributed by atoms with Crippen molar-refractivity contribution in [1.29, 1.82) is 0 Å². The van der Waals surface area contributed by atoms with E-state index in [0.29, 0.717) is 12.8 Å². The Bertz CT molecular complexity index is 2490. The number of aliphatic hydroxyl groups is 1. The number of aliphatic hydroxyl groups excluding tert-OH is 1. The summed E-state index contributed by atoms with van der Waals surface area (Å²) in [5, 5.41) is 36.7. The van der Waals surface area contributed by atoms with Gasteiger partial charge in [-0.2, -0.15) is 0 Å². The molecule has 0 saturated carbocycles. The summed E-state index contributed by atoms with van der Waals surface area (Å²) in [4.78, 5) is 101. The lowest BCUT2D eigenvalue weighted by Crippen LogP contribution is -2.58. The number of aryl methyl sites for hydroxylation is 2. The van der Waals surface area contributed by atoms with Crippen LogP contribution >= 0.6 is 11.3 Å². The first-order valence-electron chi connectivity index (χ1n) is 24.1. The van der Waals surface area contributed by atoms with E-state index in [1.807, 2.05) is 31.2 Å². The van der Waals surface area contributed by atoms with Gasteiger partial charge in [0.1, 0.15) is 36.8 Å².